The zero-order valence-corrected chi connectivity index (χ0v) is 13.9. The van der Waals surface area contributed by atoms with E-state index in [1.54, 1.807) is 22.7 Å². The average molecular weight is 321 g/mol. The first-order valence-corrected chi connectivity index (χ1v) is 9.00. The Morgan fingerprint density at radius 2 is 2.19 bits per heavy atom. The summed E-state index contributed by atoms with van der Waals surface area (Å²) >= 11 is 3.21. The Balaban J connectivity index is 1.63. The highest BCUT2D eigenvalue weighted by atomic mass is 32.1. The number of amides is 1. The standard InChI is InChI=1S/C15H19N3OS2/c1-3-13-17-18-14(21-13)8-16-15(19)12-7-10-6-9(2)4-5-11(10)20-12/h7,9H,3-6,8H2,1-2H3,(H,16,19). The van der Waals surface area contributed by atoms with Gasteiger partial charge in [0, 0.05) is 4.88 Å². The summed E-state index contributed by atoms with van der Waals surface area (Å²) < 4.78 is 0. The van der Waals surface area contributed by atoms with Gasteiger partial charge < -0.3 is 5.32 Å². The maximum absolute atomic E-state index is 12.2. The van der Waals surface area contributed by atoms with Gasteiger partial charge in [-0.2, -0.15) is 0 Å². The predicted molar refractivity (Wildman–Crippen MR) is 86.0 cm³/mol. The number of nitrogens with zero attached hydrogens (tertiary/aromatic N) is 2. The quantitative estimate of drug-likeness (QED) is 0.940. The Labute approximate surface area is 132 Å². The SMILES string of the molecule is CCc1nnc(CNC(=O)c2cc3c(s2)CCC(C)C3)s1. The third-order valence-corrected chi connectivity index (χ3v) is 6.07. The van der Waals surface area contributed by atoms with Crippen LogP contribution in [0.15, 0.2) is 6.07 Å². The first kappa shape index (κ1) is 14.7. The number of carbonyl (C=O) groups excluding carboxylic acids is 1. The first-order valence-electron chi connectivity index (χ1n) is 7.36. The van der Waals surface area contributed by atoms with Crippen molar-refractivity contribution >= 4 is 28.6 Å². The number of rotatable bonds is 4. The second-order valence-corrected chi connectivity index (χ2v) is 7.82. The average Bonchev–Trinajstić information content (AvgIpc) is 3.10. The number of carbonyl (C=O) groups is 1. The van der Waals surface area contributed by atoms with Crippen LogP contribution < -0.4 is 5.32 Å². The maximum atomic E-state index is 12.2. The number of hydrogen-bond acceptors (Lipinski definition) is 5. The molecular weight excluding hydrogens is 302 g/mol. The second-order valence-electron chi connectivity index (χ2n) is 5.53. The van der Waals surface area contributed by atoms with Gasteiger partial charge in [-0.15, -0.1) is 21.5 Å². The summed E-state index contributed by atoms with van der Waals surface area (Å²) in [4.78, 5) is 14.5. The first-order chi connectivity index (χ1) is 10.2. The van der Waals surface area contributed by atoms with E-state index in [0.29, 0.717) is 6.54 Å². The highest BCUT2D eigenvalue weighted by Gasteiger charge is 2.20. The predicted octanol–water partition coefficient (Wildman–Crippen LogP) is 3.22. The molecule has 0 radical (unpaired) electrons. The number of nitrogens with one attached hydrogen (secondary N) is 1. The van der Waals surface area contributed by atoms with Crippen molar-refractivity contribution in [3.8, 4) is 0 Å². The monoisotopic (exact) mass is 321 g/mol. The summed E-state index contributed by atoms with van der Waals surface area (Å²) in [6, 6.07) is 2.07. The van der Waals surface area contributed by atoms with Crippen LogP contribution in [0.5, 0.6) is 0 Å². The summed E-state index contributed by atoms with van der Waals surface area (Å²) in [5, 5.41) is 13.0. The zero-order chi connectivity index (χ0) is 14.8. The molecule has 1 amide bonds. The molecule has 2 heterocycles. The summed E-state index contributed by atoms with van der Waals surface area (Å²) in [7, 11) is 0. The largest absolute Gasteiger partial charge is 0.345 e. The van der Waals surface area contributed by atoms with Crippen LogP contribution in [0.2, 0.25) is 0 Å². The number of fused-ring (bicyclic) bond motifs is 1. The van der Waals surface area contributed by atoms with E-state index in [4.69, 9.17) is 0 Å². The minimum Gasteiger partial charge on any atom is -0.345 e. The molecule has 0 aliphatic heterocycles. The molecule has 0 saturated heterocycles. The summed E-state index contributed by atoms with van der Waals surface area (Å²) in [6.07, 6.45) is 4.35. The van der Waals surface area contributed by atoms with E-state index >= 15 is 0 Å². The molecular formula is C15H19N3OS2. The van der Waals surface area contributed by atoms with Gasteiger partial charge in [-0.1, -0.05) is 25.2 Å². The minimum atomic E-state index is 0.00954. The summed E-state index contributed by atoms with van der Waals surface area (Å²) in [6.45, 7) is 4.80. The van der Waals surface area contributed by atoms with Crippen LogP contribution in [0.25, 0.3) is 0 Å². The Bertz CT molecular complexity index is 647. The van der Waals surface area contributed by atoms with Gasteiger partial charge in [0.05, 0.1) is 11.4 Å². The third-order valence-electron chi connectivity index (χ3n) is 3.76. The van der Waals surface area contributed by atoms with Crippen molar-refractivity contribution in [1.82, 2.24) is 15.5 Å². The smallest absolute Gasteiger partial charge is 0.261 e. The maximum Gasteiger partial charge on any atom is 0.261 e. The lowest BCUT2D eigenvalue weighted by molar-refractivity contribution is 0.0955. The van der Waals surface area contributed by atoms with Crippen LogP contribution in [0.4, 0.5) is 0 Å². The van der Waals surface area contributed by atoms with E-state index in [9.17, 15) is 4.79 Å². The molecule has 112 valence electrons. The van der Waals surface area contributed by atoms with Crippen molar-refractivity contribution in [2.75, 3.05) is 0 Å². The normalized spacial score (nSPS) is 17.5. The molecule has 1 N–H and O–H groups in total. The van der Waals surface area contributed by atoms with Gasteiger partial charge in [-0.05, 0) is 43.2 Å². The molecule has 0 saturated carbocycles. The molecule has 4 nitrogen and oxygen atoms in total. The van der Waals surface area contributed by atoms with Crippen LogP contribution in [-0.2, 0) is 25.8 Å². The lowest BCUT2D eigenvalue weighted by atomic mass is 9.90. The fraction of sp³-hybridized carbons (Fsp3) is 0.533. The van der Waals surface area contributed by atoms with E-state index in [1.165, 1.54) is 16.9 Å². The molecule has 0 fully saturated rings. The Hall–Kier alpha value is -1.27. The molecule has 0 aromatic carbocycles. The minimum absolute atomic E-state index is 0.00954. The lowest BCUT2D eigenvalue weighted by Gasteiger charge is -2.16. The van der Waals surface area contributed by atoms with Gasteiger partial charge >= 0.3 is 0 Å². The number of thiophene rings is 1. The molecule has 2 aromatic rings. The summed E-state index contributed by atoms with van der Waals surface area (Å²) in [5.74, 6) is 0.743. The fourth-order valence-corrected chi connectivity index (χ4v) is 4.41. The molecule has 6 heteroatoms. The number of aromatic nitrogens is 2. The van der Waals surface area contributed by atoms with Crippen LogP contribution in [0, 0.1) is 5.92 Å². The molecule has 0 bridgehead atoms. The van der Waals surface area contributed by atoms with Gasteiger partial charge in [-0.3, -0.25) is 4.79 Å². The molecule has 1 unspecified atom stereocenters. The number of hydrogen-bond donors (Lipinski definition) is 1. The van der Waals surface area contributed by atoms with Crippen LogP contribution >= 0.6 is 22.7 Å². The van der Waals surface area contributed by atoms with E-state index in [0.717, 1.165) is 40.1 Å². The van der Waals surface area contributed by atoms with Gasteiger partial charge in [0.25, 0.3) is 5.91 Å². The van der Waals surface area contributed by atoms with Crippen molar-refractivity contribution in [3.05, 3.63) is 31.4 Å². The van der Waals surface area contributed by atoms with Crippen LogP contribution in [-0.4, -0.2) is 16.1 Å². The second kappa shape index (κ2) is 6.23. The van der Waals surface area contributed by atoms with Crippen LogP contribution in [0.3, 0.4) is 0 Å². The zero-order valence-electron chi connectivity index (χ0n) is 12.3. The van der Waals surface area contributed by atoms with Crippen molar-refractivity contribution < 1.29 is 4.79 Å². The molecule has 2 aromatic heterocycles. The number of aryl methyl sites for hydroxylation is 2. The molecule has 0 spiro atoms. The fourth-order valence-electron chi connectivity index (χ4n) is 2.56. The molecule has 3 rings (SSSR count). The Morgan fingerprint density at radius 3 is 2.95 bits per heavy atom. The van der Waals surface area contributed by atoms with E-state index in [-0.39, 0.29) is 5.91 Å². The molecule has 1 aliphatic rings. The van der Waals surface area contributed by atoms with Crippen molar-refractivity contribution in [2.24, 2.45) is 5.92 Å². The Morgan fingerprint density at radius 1 is 1.38 bits per heavy atom. The van der Waals surface area contributed by atoms with Crippen molar-refractivity contribution in [1.29, 1.82) is 0 Å². The highest BCUT2D eigenvalue weighted by Crippen LogP contribution is 2.32. The van der Waals surface area contributed by atoms with E-state index < -0.39 is 0 Å². The molecule has 1 aliphatic carbocycles. The van der Waals surface area contributed by atoms with Crippen molar-refractivity contribution in [3.63, 3.8) is 0 Å². The van der Waals surface area contributed by atoms with E-state index in [2.05, 4.69) is 35.4 Å². The lowest BCUT2D eigenvalue weighted by Crippen LogP contribution is -2.21. The Kier molecular flexibility index (Phi) is 4.35. The van der Waals surface area contributed by atoms with Gasteiger partial charge in [-0.25, -0.2) is 0 Å². The van der Waals surface area contributed by atoms with E-state index in [1.807, 2.05) is 0 Å². The highest BCUT2D eigenvalue weighted by molar-refractivity contribution is 7.14. The molecule has 21 heavy (non-hydrogen) atoms. The van der Waals surface area contributed by atoms with Gasteiger partial charge in [0.15, 0.2) is 0 Å². The van der Waals surface area contributed by atoms with Crippen molar-refractivity contribution in [2.45, 2.75) is 46.1 Å². The summed E-state index contributed by atoms with van der Waals surface area (Å²) in [5.41, 5.74) is 1.37. The third kappa shape index (κ3) is 3.32. The topological polar surface area (TPSA) is 54.9 Å². The van der Waals surface area contributed by atoms with Crippen LogP contribution in [0.1, 0.15) is 50.4 Å². The van der Waals surface area contributed by atoms with Gasteiger partial charge in [0.2, 0.25) is 0 Å². The van der Waals surface area contributed by atoms with Gasteiger partial charge in [0.1, 0.15) is 10.0 Å². The molecule has 1 atom stereocenters.